The molecule has 0 unspecified atom stereocenters. The van der Waals surface area contributed by atoms with Crippen molar-refractivity contribution in [2.45, 2.75) is 24.3 Å². The number of carboxylic acid groups (broad SMARTS) is 1. The van der Waals surface area contributed by atoms with E-state index in [1.54, 1.807) is 12.1 Å². The van der Waals surface area contributed by atoms with Gasteiger partial charge in [-0.25, -0.2) is 13.2 Å². The van der Waals surface area contributed by atoms with Crippen LogP contribution in [0.3, 0.4) is 0 Å². The van der Waals surface area contributed by atoms with Crippen LogP contribution >= 0.6 is 15.9 Å². The third kappa shape index (κ3) is 4.52. The van der Waals surface area contributed by atoms with Crippen LogP contribution < -0.4 is 5.32 Å². The molecule has 122 valence electrons. The Morgan fingerprint density at radius 1 is 1.27 bits per heavy atom. The molecule has 22 heavy (non-hydrogen) atoms. The summed E-state index contributed by atoms with van der Waals surface area (Å²) in [5.41, 5.74) is -1.47. The average molecular weight is 393 g/mol. The van der Waals surface area contributed by atoms with Crippen LogP contribution in [0.25, 0.3) is 0 Å². The Bertz CT molecular complexity index is 670. The van der Waals surface area contributed by atoms with Gasteiger partial charge in [-0.1, -0.05) is 15.9 Å². The fraction of sp³-hybridized carbons (Fsp3) is 0.385. The van der Waals surface area contributed by atoms with E-state index < -0.39 is 34.0 Å². The number of carbonyl (C=O) groups excluding carboxylic acids is 1. The second-order valence-electron chi connectivity index (χ2n) is 5.19. The maximum absolute atomic E-state index is 12.3. The molecule has 1 amide bonds. The van der Waals surface area contributed by atoms with Crippen LogP contribution in [0.5, 0.6) is 0 Å². The number of aliphatic carboxylic acids is 1. The molecule has 0 fully saturated rings. The largest absolute Gasteiger partial charge is 0.480 e. The number of carboxylic acids is 1. The molecule has 0 atom stereocenters. The Balaban J connectivity index is 2.83. The van der Waals surface area contributed by atoms with E-state index in [1.807, 2.05) is 0 Å². The van der Waals surface area contributed by atoms with E-state index in [1.165, 1.54) is 33.0 Å². The van der Waals surface area contributed by atoms with Gasteiger partial charge in [0.15, 0.2) is 0 Å². The second-order valence-corrected chi connectivity index (χ2v) is 8.15. The molecular formula is C13H17BrN2O5S. The number of rotatable bonds is 6. The van der Waals surface area contributed by atoms with E-state index in [9.17, 15) is 18.0 Å². The Morgan fingerprint density at radius 3 is 2.23 bits per heavy atom. The van der Waals surface area contributed by atoms with Gasteiger partial charge in [0.2, 0.25) is 15.9 Å². The van der Waals surface area contributed by atoms with Crippen molar-refractivity contribution in [2.75, 3.05) is 13.6 Å². The molecule has 7 nitrogen and oxygen atoms in total. The van der Waals surface area contributed by atoms with E-state index in [2.05, 4.69) is 21.2 Å². The number of amides is 1. The number of nitrogens with one attached hydrogen (secondary N) is 1. The van der Waals surface area contributed by atoms with Gasteiger partial charge in [-0.2, -0.15) is 4.31 Å². The van der Waals surface area contributed by atoms with Crippen LogP contribution in [0.4, 0.5) is 0 Å². The normalized spacial score (nSPS) is 12.2. The number of carbonyl (C=O) groups is 2. The summed E-state index contributed by atoms with van der Waals surface area (Å²) in [6.45, 7) is 2.15. The average Bonchev–Trinajstić information content (AvgIpc) is 2.38. The van der Waals surface area contributed by atoms with Gasteiger partial charge in [-0.05, 0) is 38.1 Å². The first-order valence-electron chi connectivity index (χ1n) is 6.23. The molecule has 0 spiro atoms. The van der Waals surface area contributed by atoms with Crippen LogP contribution in [0.1, 0.15) is 13.8 Å². The SMILES string of the molecule is CN(CC(=O)NC(C)(C)C(=O)O)S(=O)(=O)c1ccc(Br)cc1. The lowest BCUT2D eigenvalue weighted by Crippen LogP contribution is -2.52. The zero-order valence-electron chi connectivity index (χ0n) is 12.3. The highest BCUT2D eigenvalue weighted by atomic mass is 79.9. The summed E-state index contributed by atoms with van der Waals surface area (Å²) < 4.78 is 26.2. The minimum Gasteiger partial charge on any atom is -0.480 e. The minimum absolute atomic E-state index is 0.0449. The number of sulfonamides is 1. The highest BCUT2D eigenvalue weighted by molar-refractivity contribution is 9.10. The van der Waals surface area contributed by atoms with Gasteiger partial charge >= 0.3 is 5.97 Å². The van der Waals surface area contributed by atoms with E-state index in [0.717, 1.165) is 8.78 Å². The van der Waals surface area contributed by atoms with Gasteiger partial charge in [-0.15, -0.1) is 0 Å². The van der Waals surface area contributed by atoms with Gasteiger partial charge < -0.3 is 10.4 Å². The van der Waals surface area contributed by atoms with Crippen molar-refractivity contribution in [1.29, 1.82) is 0 Å². The highest BCUT2D eigenvalue weighted by Crippen LogP contribution is 2.17. The third-order valence-electron chi connectivity index (χ3n) is 2.87. The van der Waals surface area contributed by atoms with Crippen LogP contribution in [0.15, 0.2) is 33.6 Å². The maximum atomic E-state index is 12.3. The first-order valence-corrected chi connectivity index (χ1v) is 8.46. The molecule has 0 heterocycles. The van der Waals surface area contributed by atoms with E-state index in [4.69, 9.17) is 5.11 Å². The number of hydrogen-bond donors (Lipinski definition) is 2. The van der Waals surface area contributed by atoms with Gasteiger partial charge in [0.1, 0.15) is 5.54 Å². The molecule has 0 aliphatic heterocycles. The second kappa shape index (κ2) is 6.76. The third-order valence-corrected chi connectivity index (χ3v) is 5.22. The van der Waals surface area contributed by atoms with Crippen molar-refractivity contribution >= 4 is 37.8 Å². The van der Waals surface area contributed by atoms with Crippen molar-refractivity contribution in [2.24, 2.45) is 0 Å². The standard InChI is InChI=1S/C13H17BrN2O5S/c1-13(2,12(18)19)15-11(17)8-16(3)22(20,21)10-6-4-9(14)5-7-10/h4-7H,8H2,1-3H3,(H,15,17)(H,18,19). The van der Waals surface area contributed by atoms with E-state index >= 15 is 0 Å². The van der Waals surface area contributed by atoms with Crippen molar-refractivity contribution in [3.63, 3.8) is 0 Å². The monoisotopic (exact) mass is 392 g/mol. The summed E-state index contributed by atoms with van der Waals surface area (Å²) in [6.07, 6.45) is 0. The Labute approximate surface area is 137 Å². The smallest absolute Gasteiger partial charge is 0.328 e. The lowest BCUT2D eigenvalue weighted by Gasteiger charge is -2.23. The first-order chi connectivity index (χ1) is 9.96. The molecular weight excluding hydrogens is 376 g/mol. The zero-order chi connectivity index (χ0) is 17.1. The summed E-state index contributed by atoms with van der Waals surface area (Å²) in [4.78, 5) is 22.8. The Kier molecular flexibility index (Phi) is 5.71. The molecule has 0 radical (unpaired) electrons. The quantitative estimate of drug-likeness (QED) is 0.752. The first kappa shape index (κ1) is 18.6. The Morgan fingerprint density at radius 2 is 1.77 bits per heavy atom. The van der Waals surface area contributed by atoms with Gasteiger partial charge in [0.05, 0.1) is 11.4 Å². The molecule has 0 aliphatic carbocycles. The number of likely N-dealkylation sites (N-methyl/N-ethyl adjacent to an activating group) is 1. The van der Waals surface area contributed by atoms with Crippen LogP contribution in [0, 0.1) is 0 Å². The summed E-state index contributed by atoms with van der Waals surface area (Å²) >= 11 is 3.21. The van der Waals surface area contributed by atoms with Gasteiger partial charge in [-0.3, -0.25) is 4.79 Å². The highest BCUT2D eigenvalue weighted by Gasteiger charge is 2.30. The molecule has 2 N–H and O–H groups in total. The molecule has 1 rings (SSSR count). The van der Waals surface area contributed by atoms with Gasteiger partial charge in [0.25, 0.3) is 0 Å². The lowest BCUT2D eigenvalue weighted by molar-refractivity contribution is -0.146. The van der Waals surface area contributed by atoms with Crippen LogP contribution in [0.2, 0.25) is 0 Å². The number of benzene rings is 1. The number of nitrogens with zero attached hydrogens (tertiary/aromatic N) is 1. The summed E-state index contributed by atoms with van der Waals surface area (Å²) in [5.74, 6) is -1.91. The molecule has 0 saturated heterocycles. The summed E-state index contributed by atoms with van der Waals surface area (Å²) in [5, 5.41) is 11.2. The maximum Gasteiger partial charge on any atom is 0.328 e. The van der Waals surface area contributed by atoms with Crippen LogP contribution in [-0.4, -0.2) is 48.8 Å². The summed E-state index contributed by atoms with van der Waals surface area (Å²) in [7, 11) is -2.57. The summed E-state index contributed by atoms with van der Waals surface area (Å²) in [6, 6.07) is 5.98. The Hall–Kier alpha value is -1.45. The van der Waals surface area contributed by atoms with Crippen LogP contribution in [-0.2, 0) is 19.6 Å². The van der Waals surface area contributed by atoms with Crippen molar-refractivity contribution in [1.82, 2.24) is 9.62 Å². The molecule has 0 bridgehead atoms. The fourth-order valence-corrected chi connectivity index (χ4v) is 2.91. The predicted molar refractivity (Wildman–Crippen MR) is 83.8 cm³/mol. The fourth-order valence-electron chi connectivity index (χ4n) is 1.52. The van der Waals surface area contributed by atoms with E-state index in [-0.39, 0.29) is 4.90 Å². The predicted octanol–water partition coefficient (Wildman–Crippen LogP) is 1.05. The zero-order valence-corrected chi connectivity index (χ0v) is 14.7. The number of hydrogen-bond acceptors (Lipinski definition) is 4. The van der Waals surface area contributed by atoms with Crippen molar-refractivity contribution < 1.29 is 23.1 Å². The number of halogens is 1. The molecule has 1 aromatic rings. The molecule has 9 heteroatoms. The minimum atomic E-state index is -3.82. The topological polar surface area (TPSA) is 104 Å². The molecule has 0 aromatic heterocycles. The molecule has 0 aliphatic rings. The lowest BCUT2D eigenvalue weighted by atomic mass is 10.1. The molecule has 1 aromatic carbocycles. The van der Waals surface area contributed by atoms with Crippen molar-refractivity contribution in [3.05, 3.63) is 28.7 Å². The van der Waals surface area contributed by atoms with Crippen molar-refractivity contribution in [3.8, 4) is 0 Å². The van der Waals surface area contributed by atoms with E-state index in [0.29, 0.717) is 0 Å². The van der Waals surface area contributed by atoms with Gasteiger partial charge in [0, 0.05) is 11.5 Å². The molecule has 0 saturated carbocycles.